The first-order valence-corrected chi connectivity index (χ1v) is 7.26. The van der Waals surface area contributed by atoms with E-state index in [4.69, 9.17) is 9.47 Å². The van der Waals surface area contributed by atoms with Gasteiger partial charge >= 0.3 is 0 Å². The fourth-order valence-corrected chi connectivity index (χ4v) is 2.22. The van der Waals surface area contributed by atoms with Crippen LogP contribution in [0, 0.1) is 5.82 Å². The molecule has 0 aliphatic carbocycles. The van der Waals surface area contributed by atoms with E-state index in [1.807, 2.05) is 6.07 Å². The number of hydrogen-bond donors (Lipinski definition) is 2. The number of carbonyl (C=O) groups is 1. The molecule has 0 saturated heterocycles. The summed E-state index contributed by atoms with van der Waals surface area (Å²) < 4.78 is 24.3. The number of halogens is 1. The summed E-state index contributed by atoms with van der Waals surface area (Å²) in [5.41, 5.74) is 2.80. The standard InChI is InChI=1S/C17H15FN2O4/c1-10(12-8-11(18)6-7-13(12)21)19-20-17(22)16-9-23-14-4-2-3-5-15(14)24-16/h2-8,16,21H,9H2,1H3,(H,20,22)/b19-10-/t16-/m0/s1. The minimum atomic E-state index is -0.849. The summed E-state index contributed by atoms with van der Waals surface area (Å²) in [6.45, 7) is 1.60. The van der Waals surface area contributed by atoms with E-state index >= 15 is 0 Å². The second kappa shape index (κ2) is 6.57. The number of fused-ring (bicyclic) bond motifs is 1. The number of benzene rings is 2. The molecule has 1 atom stereocenters. The quantitative estimate of drug-likeness (QED) is 0.668. The predicted octanol–water partition coefficient (Wildman–Crippen LogP) is 2.21. The summed E-state index contributed by atoms with van der Waals surface area (Å²) in [6.07, 6.45) is -0.849. The van der Waals surface area contributed by atoms with Gasteiger partial charge in [0, 0.05) is 5.56 Å². The highest BCUT2D eigenvalue weighted by Gasteiger charge is 2.27. The van der Waals surface area contributed by atoms with Crippen molar-refractivity contribution < 1.29 is 23.8 Å². The van der Waals surface area contributed by atoms with Crippen LogP contribution in [0.1, 0.15) is 12.5 Å². The second-order valence-electron chi connectivity index (χ2n) is 5.20. The third kappa shape index (κ3) is 3.29. The van der Waals surface area contributed by atoms with Crippen LogP contribution in [0.25, 0.3) is 0 Å². The number of hydrazone groups is 1. The van der Waals surface area contributed by atoms with Crippen LogP contribution in [0.5, 0.6) is 17.2 Å². The summed E-state index contributed by atoms with van der Waals surface area (Å²) in [5, 5.41) is 13.6. The molecule has 2 aromatic carbocycles. The number of carbonyl (C=O) groups excluding carboxylic acids is 1. The lowest BCUT2D eigenvalue weighted by Gasteiger charge is -2.24. The van der Waals surface area contributed by atoms with Crippen LogP contribution in [0.3, 0.4) is 0 Å². The van der Waals surface area contributed by atoms with Crippen molar-refractivity contribution in [2.75, 3.05) is 6.61 Å². The lowest BCUT2D eigenvalue weighted by molar-refractivity contribution is -0.130. The first-order valence-electron chi connectivity index (χ1n) is 7.26. The molecule has 2 aromatic rings. The lowest BCUT2D eigenvalue weighted by Crippen LogP contribution is -2.42. The number of ether oxygens (including phenoxy) is 2. The molecule has 2 N–H and O–H groups in total. The Balaban J connectivity index is 1.68. The molecular formula is C17H15FN2O4. The molecule has 1 amide bonds. The molecule has 1 aliphatic rings. The van der Waals surface area contributed by atoms with Gasteiger partial charge in [-0.25, -0.2) is 9.82 Å². The highest BCUT2D eigenvalue weighted by Crippen LogP contribution is 2.30. The van der Waals surface area contributed by atoms with Gasteiger partial charge in [0.05, 0.1) is 5.71 Å². The third-order valence-corrected chi connectivity index (χ3v) is 3.48. The van der Waals surface area contributed by atoms with E-state index in [-0.39, 0.29) is 23.6 Å². The largest absolute Gasteiger partial charge is 0.507 e. The molecule has 0 radical (unpaired) electrons. The van der Waals surface area contributed by atoms with Crippen molar-refractivity contribution in [2.24, 2.45) is 5.10 Å². The molecular weight excluding hydrogens is 315 g/mol. The molecule has 1 heterocycles. The van der Waals surface area contributed by atoms with Gasteiger partial charge in [-0.15, -0.1) is 0 Å². The smallest absolute Gasteiger partial charge is 0.284 e. The number of phenols is 1. The zero-order chi connectivity index (χ0) is 17.1. The molecule has 0 fully saturated rings. The van der Waals surface area contributed by atoms with Gasteiger partial charge in [0.2, 0.25) is 6.10 Å². The van der Waals surface area contributed by atoms with E-state index in [1.165, 1.54) is 6.07 Å². The predicted molar refractivity (Wildman–Crippen MR) is 84.8 cm³/mol. The molecule has 0 bridgehead atoms. The number of phenolic OH excluding ortho intramolecular Hbond substituents is 1. The Morgan fingerprint density at radius 1 is 1.29 bits per heavy atom. The van der Waals surface area contributed by atoms with Crippen molar-refractivity contribution >= 4 is 11.6 Å². The molecule has 3 rings (SSSR count). The number of hydrogen-bond acceptors (Lipinski definition) is 5. The van der Waals surface area contributed by atoms with Gasteiger partial charge in [-0.1, -0.05) is 12.1 Å². The highest BCUT2D eigenvalue weighted by molar-refractivity contribution is 6.01. The summed E-state index contributed by atoms with van der Waals surface area (Å²) in [6, 6.07) is 10.5. The Hall–Kier alpha value is -3.09. The first-order chi connectivity index (χ1) is 11.5. The zero-order valence-electron chi connectivity index (χ0n) is 12.8. The highest BCUT2D eigenvalue weighted by atomic mass is 19.1. The SMILES string of the molecule is C/C(=N/NC(=O)[C@@H]1COc2ccccc2O1)c1cc(F)ccc1O. The van der Waals surface area contributed by atoms with Crippen LogP contribution in [0.4, 0.5) is 4.39 Å². The maximum absolute atomic E-state index is 13.2. The Bertz CT molecular complexity index is 807. The molecule has 24 heavy (non-hydrogen) atoms. The van der Waals surface area contributed by atoms with E-state index in [2.05, 4.69) is 10.5 Å². The third-order valence-electron chi connectivity index (χ3n) is 3.48. The molecule has 0 spiro atoms. The average molecular weight is 330 g/mol. The molecule has 7 heteroatoms. The fourth-order valence-electron chi connectivity index (χ4n) is 2.22. The Kier molecular flexibility index (Phi) is 4.33. The van der Waals surface area contributed by atoms with E-state index in [1.54, 1.807) is 25.1 Å². The van der Waals surface area contributed by atoms with Crippen LogP contribution < -0.4 is 14.9 Å². The number of para-hydroxylation sites is 2. The molecule has 124 valence electrons. The van der Waals surface area contributed by atoms with Gasteiger partial charge < -0.3 is 14.6 Å². The molecule has 0 saturated carbocycles. The van der Waals surface area contributed by atoms with Crippen molar-refractivity contribution in [1.29, 1.82) is 0 Å². The summed E-state index contributed by atoms with van der Waals surface area (Å²) in [4.78, 5) is 12.1. The van der Waals surface area contributed by atoms with E-state index in [9.17, 15) is 14.3 Å². The lowest BCUT2D eigenvalue weighted by atomic mass is 10.1. The number of amides is 1. The van der Waals surface area contributed by atoms with Crippen LogP contribution >= 0.6 is 0 Å². The second-order valence-corrected chi connectivity index (χ2v) is 5.20. The van der Waals surface area contributed by atoms with Crippen LogP contribution in [0.2, 0.25) is 0 Å². The van der Waals surface area contributed by atoms with Crippen molar-refractivity contribution in [3.63, 3.8) is 0 Å². The van der Waals surface area contributed by atoms with E-state index in [0.29, 0.717) is 11.5 Å². The van der Waals surface area contributed by atoms with Crippen LogP contribution in [0.15, 0.2) is 47.6 Å². The van der Waals surface area contributed by atoms with Gasteiger partial charge in [-0.05, 0) is 37.3 Å². The number of rotatable bonds is 3. The van der Waals surface area contributed by atoms with Gasteiger partial charge in [0.25, 0.3) is 5.91 Å². The monoisotopic (exact) mass is 330 g/mol. The minimum Gasteiger partial charge on any atom is -0.507 e. The Morgan fingerprint density at radius 3 is 2.83 bits per heavy atom. The van der Waals surface area contributed by atoms with Crippen molar-refractivity contribution in [1.82, 2.24) is 5.43 Å². The van der Waals surface area contributed by atoms with Gasteiger partial charge in [0.1, 0.15) is 18.2 Å². The normalized spacial score (nSPS) is 16.6. The van der Waals surface area contributed by atoms with Gasteiger partial charge in [0.15, 0.2) is 11.5 Å². The van der Waals surface area contributed by atoms with Crippen molar-refractivity contribution in [3.8, 4) is 17.2 Å². The number of nitrogens with zero attached hydrogens (tertiary/aromatic N) is 1. The summed E-state index contributed by atoms with van der Waals surface area (Å²) in [5.74, 6) is -0.0830. The minimum absolute atomic E-state index is 0.0582. The first kappa shape index (κ1) is 15.8. The van der Waals surface area contributed by atoms with Crippen molar-refractivity contribution in [2.45, 2.75) is 13.0 Å². The summed E-state index contributed by atoms with van der Waals surface area (Å²) >= 11 is 0. The molecule has 0 unspecified atom stereocenters. The zero-order valence-corrected chi connectivity index (χ0v) is 12.8. The summed E-state index contributed by atoms with van der Waals surface area (Å²) in [7, 11) is 0. The van der Waals surface area contributed by atoms with Crippen molar-refractivity contribution in [3.05, 3.63) is 53.8 Å². The van der Waals surface area contributed by atoms with Crippen LogP contribution in [-0.2, 0) is 4.79 Å². The maximum Gasteiger partial charge on any atom is 0.284 e. The Labute approximate surface area is 137 Å². The van der Waals surface area contributed by atoms with E-state index in [0.717, 1.165) is 12.1 Å². The van der Waals surface area contributed by atoms with Gasteiger partial charge in [-0.2, -0.15) is 5.10 Å². The average Bonchev–Trinajstić information content (AvgIpc) is 2.61. The molecule has 0 aromatic heterocycles. The maximum atomic E-state index is 13.2. The van der Waals surface area contributed by atoms with Gasteiger partial charge in [-0.3, -0.25) is 4.79 Å². The topological polar surface area (TPSA) is 80.2 Å². The number of aromatic hydroxyl groups is 1. The molecule has 6 nitrogen and oxygen atoms in total. The van der Waals surface area contributed by atoms with Crippen LogP contribution in [-0.4, -0.2) is 29.4 Å². The Morgan fingerprint density at radius 2 is 2.04 bits per heavy atom. The number of nitrogens with one attached hydrogen (secondary N) is 1. The molecule has 1 aliphatic heterocycles. The fraction of sp³-hybridized carbons (Fsp3) is 0.176. The van der Waals surface area contributed by atoms with E-state index < -0.39 is 17.8 Å².